The van der Waals surface area contributed by atoms with E-state index in [1.165, 1.54) is 25.3 Å². The van der Waals surface area contributed by atoms with Crippen molar-refractivity contribution >= 4 is 45.5 Å². The minimum absolute atomic E-state index is 0.0322. The Morgan fingerprint density at radius 3 is 2.19 bits per heavy atom. The largest absolute Gasteiger partial charge is 0.465 e. The number of hydrogen-bond acceptors (Lipinski definition) is 8. The Balaban J connectivity index is 0.000000150. The molecule has 2 aromatic carbocycles. The molecule has 7 rings (SSSR count). The lowest BCUT2D eigenvalue weighted by Crippen LogP contribution is -2.24. The molecule has 0 saturated heterocycles. The summed E-state index contributed by atoms with van der Waals surface area (Å²) in [6.07, 6.45) is 8.90. The number of alkyl halides is 1. The molecule has 0 amide bonds. The Morgan fingerprint density at radius 2 is 1.48 bits per heavy atom. The summed E-state index contributed by atoms with van der Waals surface area (Å²) in [5, 5.41) is 0.468. The summed E-state index contributed by atoms with van der Waals surface area (Å²) >= 11 is 3.25. The van der Waals surface area contributed by atoms with Gasteiger partial charge in [-0.05, 0) is 91.3 Å². The van der Waals surface area contributed by atoms with Crippen LogP contribution in [0.4, 0.5) is 5.69 Å². The second kappa shape index (κ2) is 15.4. The van der Waals surface area contributed by atoms with Crippen LogP contribution < -0.4 is 5.56 Å². The zero-order valence-electron chi connectivity index (χ0n) is 26.8. The van der Waals surface area contributed by atoms with Gasteiger partial charge in [-0.1, -0.05) is 40.2 Å². The smallest absolute Gasteiger partial charge is 0.341 e. The molecule has 10 nitrogen and oxygen atoms in total. The Bertz CT molecular complexity index is 1930. The number of cyclic esters (lactones) is 2. The number of aromatic amines is 1. The maximum atomic E-state index is 12.4. The maximum Gasteiger partial charge on any atom is 0.341 e. The van der Waals surface area contributed by atoms with Crippen molar-refractivity contribution in [3.05, 3.63) is 108 Å². The van der Waals surface area contributed by atoms with E-state index in [2.05, 4.69) is 35.2 Å². The highest BCUT2D eigenvalue weighted by Gasteiger charge is 2.30. The number of nitrogens with zero attached hydrogens (tertiary/aromatic N) is 1. The third kappa shape index (κ3) is 7.04. The lowest BCUT2D eigenvalue weighted by Gasteiger charge is -2.21. The van der Waals surface area contributed by atoms with Crippen LogP contribution in [0.2, 0.25) is 0 Å². The normalized spacial score (nSPS) is 15.5. The van der Waals surface area contributed by atoms with Gasteiger partial charge in [-0.3, -0.25) is 9.59 Å². The average molecular weight is 716 g/mol. The quantitative estimate of drug-likeness (QED) is 0.0800. The molecule has 0 bridgehead atoms. The average Bonchev–Trinajstić information content (AvgIpc) is 3.50. The molecule has 1 aromatic heterocycles. The van der Waals surface area contributed by atoms with Crippen molar-refractivity contribution in [2.24, 2.45) is 0 Å². The third-order valence-electron chi connectivity index (χ3n) is 9.05. The number of rotatable bonds is 3. The molecule has 0 fully saturated rings. The van der Waals surface area contributed by atoms with Gasteiger partial charge in [0.1, 0.15) is 0 Å². The van der Waals surface area contributed by atoms with Crippen molar-refractivity contribution in [1.29, 1.82) is 0 Å². The summed E-state index contributed by atoms with van der Waals surface area (Å²) in [5.41, 5.74) is 10.2. The molecule has 2 heterocycles. The molecule has 3 aliphatic carbocycles. The lowest BCUT2D eigenvalue weighted by molar-refractivity contribution is -0.158. The number of pyridine rings is 1. The molecule has 248 valence electrons. The highest BCUT2D eigenvalue weighted by Crippen LogP contribution is 2.40. The van der Waals surface area contributed by atoms with Crippen LogP contribution in [0.25, 0.3) is 16.1 Å². The summed E-state index contributed by atoms with van der Waals surface area (Å²) in [4.78, 5) is 64.0. The van der Waals surface area contributed by atoms with E-state index in [0.717, 1.165) is 84.9 Å². The van der Waals surface area contributed by atoms with Gasteiger partial charge in [0.15, 0.2) is 5.69 Å². The van der Waals surface area contributed by atoms with E-state index in [1.807, 2.05) is 12.1 Å². The zero-order valence-corrected chi connectivity index (χ0v) is 28.4. The van der Waals surface area contributed by atoms with Crippen LogP contribution in [0.15, 0.2) is 52.3 Å². The molecule has 0 spiro atoms. The molecule has 11 heteroatoms. The monoisotopic (exact) mass is 714 g/mol. The lowest BCUT2D eigenvalue weighted by atomic mass is 9.88. The predicted molar refractivity (Wildman–Crippen MR) is 181 cm³/mol. The standard InChI is InChI=1S/C18H17NO3.C10H8BrNO2.C9H10O3/c1-22-18(21)13-8-4-7-11-14(13)9-15-10-5-2-3-6-12(10)17(20)19-16(11)15;1-12-9-5-3-4-7(8(9)6-11)10(13)14-2;10-8-5-6-3-1-2-4-7(6)9(11)12-8/h4,7-8H,2-3,5-6,9H2,1H3,(H,19,20);3-5H,6H2,2H3;1-5H2. The van der Waals surface area contributed by atoms with Crippen molar-refractivity contribution in [1.82, 2.24) is 4.98 Å². The van der Waals surface area contributed by atoms with Gasteiger partial charge in [-0.15, -0.1) is 0 Å². The van der Waals surface area contributed by atoms with Gasteiger partial charge in [0.05, 0.1) is 44.0 Å². The summed E-state index contributed by atoms with van der Waals surface area (Å²) < 4.78 is 14.0. The van der Waals surface area contributed by atoms with Gasteiger partial charge < -0.3 is 19.2 Å². The van der Waals surface area contributed by atoms with Crippen LogP contribution in [-0.2, 0) is 48.4 Å². The maximum absolute atomic E-state index is 12.4. The SMILES string of the molecule is COC(=O)c1cccc2c1Cc1c-2[nH]c(=O)c2c1CCCC2.O=C1CC2=C(CCCC2)C(=O)O1.[C-]#[N+]c1cccc(C(=O)OC)c1CBr. The molecule has 0 radical (unpaired) electrons. The fourth-order valence-electron chi connectivity index (χ4n) is 6.72. The summed E-state index contributed by atoms with van der Waals surface area (Å²) in [6, 6.07) is 10.6. The first-order valence-electron chi connectivity index (χ1n) is 15.8. The number of nitrogens with one attached hydrogen (secondary N) is 1. The molecule has 48 heavy (non-hydrogen) atoms. The first kappa shape index (κ1) is 34.5. The Morgan fingerprint density at radius 1 is 0.833 bits per heavy atom. The van der Waals surface area contributed by atoms with E-state index in [4.69, 9.17) is 11.3 Å². The van der Waals surface area contributed by atoms with Crippen LogP contribution in [0.3, 0.4) is 0 Å². The Labute approximate surface area is 286 Å². The van der Waals surface area contributed by atoms with Crippen molar-refractivity contribution in [2.75, 3.05) is 14.2 Å². The Hall–Kier alpha value is -4.82. The predicted octanol–water partition coefficient (Wildman–Crippen LogP) is 6.86. The molecule has 0 unspecified atom stereocenters. The van der Waals surface area contributed by atoms with Gasteiger partial charge in [-0.25, -0.2) is 19.2 Å². The third-order valence-corrected chi connectivity index (χ3v) is 9.61. The van der Waals surface area contributed by atoms with Crippen molar-refractivity contribution in [2.45, 2.75) is 69.5 Å². The number of benzene rings is 2. The molecule has 0 saturated carbocycles. The first-order chi connectivity index (χ1) is 23.2. The first-order valence-corrected chi connectivity index (χ1v) is 16.9. The second-order valence-corrected chi connectivity index (χ2v) is 12.3. The number of esters is 4. The molecule has 3 aromatic rings. The zero-order chi connectivity index (χ0) is 34.4. The molecule has 4 aliphatic rings. The van der Waals surface area contributed by atoms with Crippen molar-refractivity contribution < 1.29 is 33.4 Å². The van der Waals surface area contributed by atoms with Gasteiger partial charge in [-0.2, -0.15) is 0 Å². The molecule has 0 atom stereocenters. The molecular formula is C37H35BrN2O8. The number of carbonyl (C=O) groups is 4. The van der Waals surface area contributed by atoms with Gasteiger partial charge in [0.25, 0.3) is 5.56 Å². The summed E-state index contributed by atoms with van der Waals surface area (Å²) in [7, 11) is 2.72. The van der Waals surface area contributed by atoms with E-state index in [0.29, 0.717) is 40.5 Å². The summed E-state index contributed by atoms with van der Waals surface area (Å²) in [6.45, 7) is 6.93. The topological polar surface area (TPSA) is 133 Å². The van der Waals surface area contributed by atoms with Gasteiger partial charge in [0, 0.05) is 28.5 Å². The number of aromatic nitrogens is 1. The van der Waals surface area contributed by atoms with Gasteiger partial charge in [0.2, 0.25) is 0 Å². The van der Waals surface area contributed by atoms with Crippen LogP contribution >= 0.6 is 15.9 Å². The second-order valence-electron chi connectivity index (χ2n) is 11.7. The minimum Gasteiger partial charge on any atom is -0.465 e. The van der Waals surface area contributed by atoms with Crippen LogP contribution in [0.1, 0.15) is 93.5 Å². The fraction of sp³-hybridized carbons (Fsp3) is 0.351. The molecule has 1 N–H and O–H groups in total. The number of hydrogen-bond donors (Lipinski definition) is 1. The fourth-order valence-corrected chi connectivity index (χ4v) is 7.31. The van der Waals surface area contributed by atoms with E-state index in [9.17, 15) is 24.0 Å². The number of halogens is 1. The molecule has 1 aliphatic heterocycles. The van der Waals surface area contributed by atoms with Crippen LogP contribution in [0.5, 0.6) is 0 Å². The highest BCUT2D eigenvalue weighted by atomic mass is 79.9. The number of methoxy groups -OCH3 is 2. The summed E-state index contributed by atoms with van der Waals surface area (Å²) in [5.74, 6) is -1.52. The van der Waals surface area contributed by atoms with Crippen LogP contribution in [0, 0.1) is 6.57 Å². The molecular weight excluding hydrogens is 680 g/mol. The van der Waals surface area contributed by atoms with E-state index in [1.54, 1.807) is 24.3 Å². The Kier molecular flexibility index (Phi) is 11.1. The number of ether oxygens (including phenoxy) is 3. The van der Waals surface area contributed by atoms with Gasteiger partial charge >= 0.3 is 23.9 Å². The van der Waals surface area contributed by atoms with E-state index < -0.39 is 11.9 Å². The number of H-pyrrole nitrogens is 1. The number of carbonyl (C=O) groups excluding carboxylic acids is 4. The number of fused-ring (bicyclic) bond motifs is 5. The van der Waals surface area contributed by atoms with E-state index in [-0.39, 0.29) is 17.5 Å². The van der Waals surface area contributed by atoms with Crippen molar-refractivity contribution in [3.63, 3.8) is 0 Å². The van der Waals surface area contributed by atoms with Crippen LogP contribution in [-0.4, -0.2) is 43.1 Å². The highest BCUT2D eigenvalue weighted by molar-refractivity contribution is 9.08. The van der Waals surface area contributed by atoms with Crippen molar-refractivity contribution in [3.8, 4) is 11.3 Å². The minimum atomic E-state index is -0.412. The van der Waals surface area contributed by atoms with E-state index >= 15 is 0 Å².